The van der Waals surface area contributed by atoms with E-state index in [0.29, 0.717) is 5.92 Å². The summed E-state index contributed by atoms with van der Waals surface area (Å²) in [5.74, 6) is -0.302. The number of fused-ring (bicyclic) bond motifs is 1. The molecule has 3 aliphatic rings. The molecule has 132 valence electrons. The number of nitrogens with zero attached hydrogens (tertiary/aromatic N) is 5. The molecule has 0 aromatic carbocycles. The molecule has 9 heteroatoms. The van der Waals surface area contributed by atoms with Gasteiger partial charge in [0.25, 0.3) is 0 Å². The Labute approximate surface area is 137 Å². The summed E-state index contributed by atoms with van der Waals surface area (Å²) in [6, 6.07) is -0.107. The molecule has 2 aliphatic heterocycles. The summed E-state index contributed by atoms with van der Waals surface area (Å²) in [4.78, 5) is 16.9. The van der Waals surface area contributed by atoms with Crippen LogP contribution in [0.15, 0.2) is 0 Å². The van der Waals surface area contributed by atoms with E-state index >= 15 is 0 Å². The molecular formula is C15H20F3N5O. The molecule has 3 heterocycles. The normalized spacial score (nSPS) is 23.4. The van der Waals surface area contributed by atoms with Crippen LogP contribution in [0.25, 0.3) is 0 Å². The van der Waals surface area contributed by atoms with Crippen molar-refractivity contribution >= 4 is 5.91 Å². The van der Waals surface area contributed by atoms with E-state index in [2.05, 4.69) is 15.1 Å². The highest BCUT2D eigenvalue weighted by molar-refractivity contribution is 5.82. The van der Waals surface area contributed by atoms with Crippen molar-refractivity contribution in [3.8, 4) is 0 Å². The average molecular weight is 343 g/mol. The van der Waals surface area contributed by atoms with E-state index in [1.807, 2.05) is 0 Å². The highest BCUT2D eigenvalue weighted by Crippen LogP contribution is 2.38. The van der Waals surface area contributed by atoms with Crippen molar-refractivity contribution in [1.29, 1.82) is 0 Å². The van der Waals surface area contributed by atoms with Gasteiger partial charge in [0, 0.05) is 13.1 Å². The molecule has 2 fully saturated rings. The summed E-state index contributed by atoms with van der Waals surface area (Å²) in [6.45, 7) is 2.37. The van der Waals surface area contributed by atoms with Gasteiger partial charge in [-0.1, -0.05) is 0 Å². The molecule has 0 spiro atoms. The van der Waals surface area contributed by atoms with Crippen LogP contribution in [0.5, 0.6) is 0 Å². The minimum atomic E-state index is -4.51. The molecule has 4 rings (SSSR count). The van der Waals surface area contributed by atoms with E-state index in [9.17, 15) is 18.0 Å². The third kappa shape index (κ3) is 2.78. The first-order chi connectivity index (χ1) is 11.4. The largest absolute Gasteiger partial charge is 0.451 e. The second-order valence-electron chi connectivity index (χ2n) is 6.87. The quantitative estimate of drug-likeness (QED) is 0.835. The first kappa shape index (κ1) is 15.9. The lowest BCUT2D eigenvalue weighted by Gasteiger charge is -2.34. The van der Waals surface area contributed by atoms with Crippen molar-refractivity contribution in [2.75, 3.05) is 19.6 Å². The maximum Gasteiger partial charge on any atom is 0.451 e. The predicted octanol–water partition coefficient (Wildman–Crippen LogP) is 1.51. The van der Waals surface area contributed by atoms with E-state index < -0.39 is 12.0 Å². The zero-order valence-electron chi connectivity index (χ0n) is 13.3. The Morgan fingerprint density at radius 1 is 1.08 bits per heavy atom. The maximum absolute atomic E-state index is 13.0. The molecule has 6 nitrogen and oxygen atoms in total. The van der Waals surface area contributed by atoms with Gasteiger partial charge in [-0.25, -0.2) is 0 Å². The second kappa shape index (κ2) is 5.72. The van der Waals surface area contributed by atoms with Gasteiger partial charge >= 0.3 is 6.18 Å². The van der Waals surface area contributed by atoms with Crippen molar-refractivity contribution < 1.29 is 18.0 Å². The summed E-state index contributed by atoms with van der Waals surface area (Å²) in [5.41, 5.74) is 0. The van der Waals surface area contributed by atoms with Crippen LogP contribution in [-0.4, -0.2) is 56.1 Å². The molecular weight excluding hydrogens is 323 g/mol. The smallest absolute Gasteiger partial charge is 0.332 e. The van der Waals surface area contributed by atoms with Crippen molar-refractivity contribution in [3.05, 3.63) is 11.6 Å². The zero-order valence-corrected chi connectivity index (χ0v) is 13.3. The molecule has 24 heavy (non-hydrogen) atoms. The lowest BCUT2D eigenvalue weighted by molar-refractivity contribution is -0.148. The zero-order chi connectivity index (χ0) is 16.9. The fraction of sp³-hybridized carbons (Fsp3) is 0.800. The monoisotopic (exact) mass is 343 g/mol. The molecule has 0 radical (unpaired) electrons. The van der Waals surface area contributed by atoms with Crippen molar-refractivity contribution in [2.45, 2.75) is 51.0 Å². The second-order valence-corrected chi connectivity index (χ2v) is 6.87. The minimum Gasteiger partial charge on any atom is -0.332 e. The number of likely N-dealkylation sites (tertiary alicyclic amines) is 1. The number of aromatic nitrogens is 3. The SMILES string of the molecule is O=C(C(C1CC1)N1CCCC1)N1CCn2c(nnc2C(F)(F)F)C1. The van der Waals surface area contributed by atoms with E-state index in [0.717, 1.165) is 43.3 Å². The molecule has 1 aliphatic carbocycles. The van der Waals surface area contributed by atoms with E-state index in [4.69, 9.17) is 0 Å². The highest BCUT2D eigenvalue weighted by Gasteiger charge is 2.44. The van der Waals surface area contributed by atoms with Crippen LogP contribution in [0.2, 0.25) is 0 Å². The van der Waals surface area contributed by atoms with Crippen LogP contribution < -0.4 is 0 Å². The lowest BCUT2D eigenvalue weighted by Crippen LogP contribution is -2.51. The summed E-state index contributed by atoms with van der Waals surface area (Å²) in [6.07, 6.45) is -0.159. The third-order valence-electron chi connectivity index (χ3n) is 5.17. The number of carbonyl (C=O) groups excluding carboxylic acids is 1. The van der Waals surface area contributed by atoms with Crippen molar-refractivity contribution in [3.63, 3.8) is 0 Å². The molecule has 1 aromatic heterocycles. The molecule has 1 amide bonds. The van der Waals surface area contributed by atoms with Gasteiger partial charge in [-0.15, -0.1) is 10.2 Å². The Hall–Kier alpha value is -1.64. The van der Waals surface area contributed by atoms with Crippen LogP contribution in [0, 0.1) is 5.92 Å². The average Bonchev–Trinajstić information content (AvgIpc) is 3.05. The first-order valence-corrected chi connectivity index (χ1v) is 8.47. The number of hydrogen-bond acceptors (Lipinski definition) is 4. The Bertz CT molecular complexity index is 634. The highest BCUT2D eigenvalue weighted by atomic mass is 19.4. The van der Waals surface area contributed by atoms with Gasteiger partial charge in [0.05, 0.1) is 12.6 Å². The Balaban J connectivity index is 1.51. The summed E-state index contributed by atoms with van der Waals surface area (Å²) >= 11 is 0. The Morgan fingerprint density at radius 3 is 2.42 bits per heavy atom. The van der Waals surface area contributed by atoms with Crippen LogP contribution in [0.1, 0.15) is 37.3 Å². The number of alkyl halides is 3. The predicted molar refractivity (Wildman–Crippen MR) is 77.8 cm³/mol. The molecule has 1 saturated heterocycles. The van der Waals surface area contributed by atoms with Crippen molar-refractivity contribution in [1.82, 2.24) is 24.6 Å². The molecule has 1 unspecified atom stereocenters. The number of carbonyl (C=O) groups is 1. The summed E-state index contributed by atoms with van der Waals surface area (Å²) < 4.78 is 39.8. The number of rotatable bonds is 3. The number of amides is 1. The first-order valence-electron chi connectivity index (χ1n) is 8.47. The Morgan fingerprint density at radius 2 is 1.79 bits per heavy atom. The van der Waals surface area contributed by atoms with Gasteiger partial charge in [-0.05, 0) is 44.7 Å². The molecule has 1 atom stereocenters. The lowest BCUT2D eigenvalue weighted by atomic mass is 10.1. The Kier molecular flexibility index (Phi) is 3.78. The maximum atomic E-state index is 13.0. The fourth-order valence-corrected chi connectivity index (χ4v) is 3.83. The molecule has 1 aromatic rings. The van der Waals surface area contributed by atoms with E-state index in [1.54, 1.807) is 4.90 Å². The topological polar surface area (TPSA) is 54.3 Å². The third-order valence-corrected chi connectivity index (χ3v) is 5.17. The molecule has 1 saturated carbocycles. The van der Waals surface area contributed by atoms with Gasteiger partial charge in [0.15, 0.2) is 5.82 Å². The number of halogens is 3. The van der Waals surface area contributed by atoms with Crippen LogP contribution in [0.3, 0.4) is 0 Å². The standard InChI is InChI=1S/C15H20F3N5O/c16-15(17,18)14-20-19-11-9-22(7-8-23(11)14)13(24)12(10-3-4-10)21-5-1-2-6-21/h10,12H,1-9H2. The molecule has 0 N–H and O–H groups in total. The van der Waals surface area contributed by atoms with E-state index in [1.165, 1.54) is 0 Å². The van der Waals surface area contributed by atoms with Gasteiger partial charge in [0.1, 0.15) is 0 Å². The number of hydrogen-bond donors (Lipinski definition) is 0. The summed E-state index contributed by atoms with van der Waals surface area (Å²) in [7, 11) is 0. The van der Waals surface area contributed by atoms with Gasteiger partial charge in [0.2, 0.25) is 11.7 Å². The molecule has 0 bridgehead atoms. The van der Waals surface area contributed by atoms with Gasteiger partial charge < -0.3 is 9.47 Å². The van der Waals surface area contributed by atoms with Crippen LogP contribution in [0.4, 0.5) is 13.2 Å². The van der Waals surface area contributed by atoms with Gasteiger partial charge in [-0.2, -0.15) is 13.2 Å². The van der Waals surface area contributed by atoms with Crippen LogP contribution >= 0.6 is 0 Å². The fourth-order valence-electron chi connectivity index (χ4n) is 3.83. The summed E-state index contributed by atoms with van der Waals surface area (Å²) in [5, 5.41) is 6.93. The van der Waals surface area contributed by atoms with Crippen LogP contribution in [-0.2, 0) is 24.1 Å². The van der Waals surface area contributed by atoms with Gasteiger partial charge in [-0.3, -0.25) is 9.69 Å². The van der Waals surface area contributed by atoms with Crippen molar-refractivity contribution in [2.24, 2.45) is 5.92 Å². The van der Waals surface area contributed by atoms with E-state index in [-0.39, 0.29) is 37.4 Å². The minimum absolute atomic E-state index is 0.0437.